The third-order valence-corrected chi connectivity index (χ3v) is 4.17. The Bertz CT molecular complexity index is 324. The summed E-state index contributed by atoms with van der Waals surface area (Å²) in [7, 11) is 0. The average molecular weight is 221 g/mol. The largest absolute Gasteiger partial charge is 0.324 e. The Kier molecular flexibility index (Phi) is 3.71. The fourth-order valence-electron chi connectivity index (χ4n) is 2.37. The van der Waals surface area contributed by atoms with Crippen LogP contribution in [0.15, 0.2) is 24.3 Å². The van der Waals surface area contributed by atoms with Crippen molar-refractivity contribution < 1.29 is 0 Å². The summed E-state index contributed by atoms with van der Waals surface area (Å²) in [5.41, 5.74) is 9.11. The zero-order valence-corrected chi connectivity index (χ0v) is 10.1. The van der Waals surface area contributed by atoms with Gasteiger partial charge in [0.1, 0.15) is 0 Å². The van der Waals surface area contributed by atoms with Gasteiger partial charge in [-0.25, -0.2) is 0 Å². The zero-order valence-electron chi connectivity index (χ0n) is 9.28. The van der Waals surface area contributed by atoms with Crippen LogP contribution in [0.5, 0.6) is 0 Å². The van der Waals surface area contributed by atoms with Crippen LogP contribution in [0, 0.1) is 5.92 Å². The molecule has 1 aromatic carbocycles. The highest BCUT2D eigenvalue weighted by Gasteiger charge is 2.28. The molecule has 1 aromatic rings. The highest BCUT2D eigenvalue weighted by atomic mass is 32.2. The molecule has 15 heavy (non-hydrogen) atoms. The quantitative estimate of drug-likeness (QED) is 0.791. The molecule has 2 unspecified atom stereocenters. The van der Waals surface area contributed by atoms with E-state index in [1.165, 1.54) is 35.5 Å². The molecule has 0 radical (unpaired) electrons. The van der Waals surface area contributed by atoms with Gasteiger partial charge in [-0.1, -0.05) is 31.2 Å². The fraction of sp³-hybridized carbons (Fsp3) is 0.538. The van der Waals surface area contributed by atoms with Crippen LogP contribution in [0.25, 0.3) is 0 Å². The monoisotopic (exact) mass is 221 g/mol. The molecule has 0 saturated carbocycles. The maximum Gasteiger partial charge on any atom is 0.0329 e. The first-order valence-corrected chi connectivity index (χ1v) is 6.89. The SMILES string of the molecule is CCSCCC1Cc2ccccc2C1N. The number of benzene rings is 1. The lowest BCUT2D eigenvalue weighted by Gasteiger charge is -2.15. The molecule has 0 aliphatic heterocycles. The molecule has 0 heterocycles. The Labute approximate surface area is 96.4 Å². The van der Waals surface area contributed by atoms with Crippen LogP contribution < -0.4 is 5.73 Å². The van der Waals surface area contributed by atoms with Gasteiger partial charge in [-0.05, 0) is 41.4 Å². The number of rotatable bonds is 4. The van der Waals surface area contributed by atoms with Crippen molar-refractivity contribution in [1.82, 2.24) is 0 Å². The molecular formula is C13H19NS. The van der Waals surface area contributed by atoms with Gasteiger partial charge in [-0.2, -0.15) is 11.8 Å². The summed E-state index contributed by atoms with van der Waals surface area (Å²) in [5.74, 6) is 3.14. The minimum atomic E-state index is 0.277. The minimum absolute atomic E-state index is 0.277. The molecule has 0 aromatic heterocycles. The molecule has 2 atom stereocenters. The lowest BCUT2D eigenvalue weighted by Crippen LogP contribution is -2.17. The van der Waals surface area contributed by atoms with Crippen LogP contribution in [0.3, 0.4) is 0 Å². The van der Waals surface area contributed by atoms with Gasteiger partial charge in [0.15, 0.2) is 0 Å². The molecule has 0 saturated heterocycles. The van der Waals surface area contributed by atoms with Crippen molar-refractivity contribution in [1.29, 1.82) is 0 Å². The van der Waals surface area contributed by atoms with E-state index >= 15 is 0 Å². The number of nitrogens with two attached hydrogens (primary N) is 1. The Balaban J connectivity index is 1.97. The predicted octanol–water partition coefficient (Wildman–Crippen LogP) is 3.00. The molecule has 1 aliphatic rings. The van der Waals surface area contributed by atoms with Gasteiger partial charge in [0.05, 0.1) is 0 Å². The van der Waals surface area contributed by atoms with E-state index in [9.17, 15) is 0 Å². The average Bonchev–Trinajstić information content (AvgIpc) is 2.57. The van der Waals surface area contributed by atoms with Crippen LogP contribution in [0.1, 0.15) is 30.5 Å². The van der Waals surface area contributed by atoms with Crippen molar-refractivity contribution in [3.05, 3.63) is 35.4 Å². The van der Waals surface area contributed by atoms with Crippen molar-refractivity contribution in [2.75, 3.05) is 11.5 Å². The first-order valence-electron chi connectivity index (χ1n) is 5.74. The van der Waals surface area contributed by atoms with Crippen LogP contribution in [-0.2, 0) is 6.42 Å². The van der Waals surface area contributed by atoms with E-state index in [1.807, 2.05) is 11.8 Å². The Morgan fingerprint density at radius 2 is 2.20 bits per heavy atom. The third-order valence-electron chi connectivity index (χ3n) is 3.24. The molecule has 2 N–H and O–H groups in total. The van der Waals surface area contributed by atoms with Crippen LogP contribution in [0.2, 0.25) is 0 Å². The van der Waals surface area contributed by atoms with Crippen molar-refractivity contribution >= 4 is 11.8 Å². The summed E-state index contributed by atoms with van der Waals surface area (Å²) in [5, 5.41) is 0. The number of hydrogen-bond donors (Lipinski definition) is 1. The maximum atomic E-state index is 6.26. The highest BCUT2D eigenvalue weighted by molar-refractivity contribution is 7.99. The van der Waals surface area contributed by atoms with E-state index < -0.39 is 0 Å². The molecule has 0 bridgehead atoms. The van der Waals surface area contributed by atoms with Crippen LogP contribution in [0.4, 0.5) is 0 Å². The molecule has 82 valence electrons. The predicted molar refractivity (Wildman–Crippen MR) is 68.2 cm³/mol. The van der Waals surface area contributed by atoms with Gasteiger partial charge < -0.3 is 5.73 Å². The standard InChI is InChI=1S/C13H19NS/c1-2-15-8-7-11-9-10-5-3-4-6-12(10)13(11)14/h3-6,11,13H,2,7-9,14H2,1H3. The number of thioether (sulfide) groups is 1. The second-order valence-corrected chi connectivity index (χ2v) is 5.57. The molecule has 0 fully saturated rings. The van der Waals surface area contributed by atoms with Gasteiger partial charge in [0.2, 0.25) is 0 Å². The topological polar surface area (TPSA) is 26.0 Å². The van der Waals surface area contributed by atoms with Gasteiger partial charge in [0.25, 0.3) is 0 Å². The summed E-state index contributed by atoms with van der Waals surface area (Å²) in [6, 6.07) is 8.91. The summed E-state index contributed by atoms with van der Waals surface area (Å²) in [6.07, 6.45) is 2.44. The molecule has 2 rings (SSSR count). The van der Waals surface area contributed by atoms with Crippen molar-refractivity contribution in [3.63, 3.8) is 0 Å². The Hall–Kier alpha value is -0.470. The molecule has 0 amide bonds. The fourth-order valence-corrected chi connectivity index (χ4v) is 3.13. The zero-order chi connectivity index (χ0) is 10.7. The van der Waals surface area contributed by atoms with Gasteiger partial charge in [0, 0.05) is 6.04 Å². The van der Waals surface area contributed by atoms with E-state index in [2.05, 4.69) is 31.2 Å². The number of fused-ring (bicyclic) bond motifs is 1. The van der Waals surface area contributed by atoms with Gasteiger partial charge in [-0.15, -0.1) is 0 Å². The van der Waals surface area contributed by atoms with Crippen LogP contribution in [-0.4, -0.2) is 11.5 Å². The van der Waals surface area contributed by atoms with Crippen LogP contribution >= 0.6 is 11.8 Å². The summed E-state index contributed by atoms with van der Waals surface area (Å²) in [6.45, 7) is 2.22. The molecule has 1 nitrogen and oxygen atoms in total. The van der Waals surface area contributed by atoms with Crippen molar-refractivity contribution in [2.45, 2.75) is 25.8 Å². The summed E-state index contributed by atoms with van der Waals surface area (Å²) in [4.78, 5) is 0. The van der Waals surface area contributed by atoms with E-state index in [-0.39, 0.29) is 6.04 Å². The van der Waals surface area contributed by atoms with E-state index in [4.69, 9.17) is 5.73 Å². The van der Waals surface area contributed by atoms with E-state index in [0.29, 0.717) is 5.92 Å². The first kappa shape index (κ1) is 11.0. The summed E-state index contributed by atoms with van der Waals surface area (Å²) >= 11 is 2.02. The maximum absolute atomic E-state index is 6.26. The van der Waals surface area contributed by atoms with Crippen molar-refractivity contribution in [2.24, 2.45) is 11.7 Å². The second kappa shape index (κ2) is 5.04. The second-order valence-electron chi connectivity index (χ2n) is 4.17. The van der Waals surface area contributed by atoms with E-state index in [0.717, 1.165) is 0 Å². The number of hydrogen-bond acceptors (Lipinski definition) is 2. The lowest BCUT2D eigenvalue weighted by molar-refractivity contribution is 0.456. The molecule has 1 aliphatic carbocycles. The van der Waals surface area contributed by atoms with Gasteiger partial charge >= 0.3 is 0 Å². The van der Waals surface area contributed by atoms with E-state index in [1.54, 1.807) is 0 Å². The smallest absolute Gasteiger partial charge is 0.0329 e. The lowest BCUT2D eigenvalue weighted by atomic mass is 9.99. The van der Waals surface area contributed by atoms with Crippen molar-refractivity contribution in [3.8, 4) is 0 Å². The molecule has 0 spiro atoms. The molecular weight excluding hydrogens is 202 g/mol. The van der Waals surface area contributed by atoms with Gasteiger partial charge in [-0.3, -0.25) is 0 Å². The Morgan fingerprint density at radius 1 is 1.40 bits per heavy atom. The normalized spacial score (nSPS) is 24.1. The summed E-state index contributed by atoms with van der Waals surface area (Å²) < 4.78 is 0. The Morgan fingerprint density at radius 3 is 2.93 bits per heavy atom. The third kappa shape index (κ3) is 2.37. The first-order chi connectivity index (χ1) is 7.33. The minimum Gasteiger partial charge on any atom is -0.324 e. The highest BCUT2D eigenvalue weighted by Crippen LogP contribution is 2.36. The molecule has 2 heteroatoms.